The van der Waals surface area contributed by atoms with Crippen molar-refractivity contribution in [2.24, 2.45) is 11.8 Å². The topological polar surface area (TPSA) is 62.4 Å². The van der Waals surface area contributed by atoms with Gasteiger partial charge in [-0.3, -0.25) is 15.6 Å². The molecule has 0 bridgehead atoms. The summed E-state index contributed by atoms with van der Waals surface area (Å²) in [6.45, 7) is 6.46. The molecule has 0 spiro atoms. The van der Waals surface area contributed by atoms with Gasteiger partial charge < -0.3 is 10.1 Å². The lowest BCUT2D eigenvalue weighted by Gasteiger charge is -2.35. The Morgan fingerprint density at radius 1 is 1.25 bits per heavy atom. The zero-order valence-corrected chi connectivity index (χ0v) is 15.6. The van der Waals surface area contributed by atoms with Crippen LogP contribution in [0.5, 0.6) is 5.75 Å². The summed E-state index contributed by atoms with van der Waals surface area (Å²) in [5.41, 5.74) is 6.91. The smallest absolute Gasteiger partial charge is 0.273 e. The minimum absolute atomic E-state index is 0.273. The van der Waals surface area contributed by atoms with Crippen LogP contribution >= 0.6 is 12.2 Å². The molecule has 5 nitrogen and oxygen atoms in total. The molecule has 1 aliphatic carbocycles. The number of benzene rings is 1. The van der Waals surface area contributed by atoms with Crippen LogP contribution in [0.3, 0.4) is 0 Å². The molecule has 3 N–H and O–H groups in total. The van der Waals surface area contributed by atoms with Crippen molar-refractivity contribution in [1.29, 1.82) is 0 Å². The third-order valence-corrected chi connectivity index (χ3v) is 5.13. The van der Waals surface area contributed by atoms with Gasteiger partial charge >= 0.3 is 0 Å². The predicted octanol–water partition coefficient (Wildman–Crippen LogP) is 2.94. The first-order chi connectivity index (χ1) is 11.4. The Kier molecular flexibility index (Phi) is 6.43. The average Bonchev–Trinajstić information content (AvgIpc) is 2.56. The zero-order chi connectivity index (χ0) is 17.7. The van der Waals surface area contributed by atoms with Gasteiger partial charge in [0.15, 0.2) is 5.11 Å². The highest BCUT2D eigenvalue weighted by Gasteiger charge is 2.27. The lowest BCUT2D eigenvalue weighted by atomic mass is 9.78. The molecule has 1 amide bonds. The van der Waals surface area contributed by atoms with Crippen molar-refractivity contribution in [2.45, 2.75) is 46.1 Å². The fourth-order valence-corrected chi connectivity index (χ4v) is 3.37. The molecule has 6 heteroatoms. The summed E-state index contributed by atoms with van der Waals surface area (Å²) in [6.07, 6.45) is 3.58. The molecular formula is C18H27N3O2S. The number of ether oxygens (including phenoxy) is 1. The predicted molar refractivity (Wildman–Crippen MR) is 100 cm³/mol. The van der Waals surface area contributed by atoms with E-state index in [9.17, 15) is 4.79 Å². The summed E-state index contributed by atoms with van der Waals surface area (Å²) in [5, 5.41) is 3.77. The Hall–Kier alpha value is -1.82. The molecular weight excluding hydrogens is 322 g/mol. The SMILES string of the molecule is COc1ccc(C)cc1C(=O)NNC(=S)N[C@H]1CCC[C@@H](C)[C@@H]1C. The van der Waals surface area contributed by atoms with E-state index in [4.69, 9.17) is 17.0 Å². The molecule has 24 heavy (non-hydrogen) atoms. The molecule has 0 aromatic heterocycles. The van der Waals surface area contributed by atoms with Gasteiger partial charge in [0.1, 0.15) is 5.75 Å². The van der Waals surface area contributed by atoms with E-state index in [1.807, 2.05) is 13.0 Å². The van der Waals surface area contributed by atoms with Crippen LogP contribution in [0.15, 0.2) is 18.2 Å². The minimum atomic E-state index is -0.273. The molecule has 0 saturated heterocycles. The van der Waals surface area contributed by atoms with Crippen LogP contribution in [0.1, 0.15) is 49.0 Å². The summed E-state index contributed by atoms with van der Waals surface area (Å²) in [7, 11) is 1.55. The number of hydrogen-bond acceptors (Lipinski definition) is 3. The second-order valence-corrected chi connectivity index (χ2v) is 7.04. The quantitative estimate of drug-likeness (QED) is 0.578. The van der Waals surface area contributed by atoms with Gasteiger partial charge in [0.05, 0.1) is 12.7 Å². The first kappa shape index (κ1) is 18.5. The van der Waals surface area contributed by atoms with E-state index in [0.717, 1.165) is 12.0 Å². The second-order valence-electron chi connectivity index (χ2n) is 6.63. The summed E-state index contributed by atoms with van der Waals surface area (Å²) < 4.78 is 5.24. The normalized spacial score (nSPS) is 23.2. The van der Waals surface area contributed by atoms with Crippen LogP contribution in [-0.2, 0) is 0 Å². The van der Waals surface area contributed by atoms with Gasteiger partial charge in [-0.25, -0.2) is 0 Å². The number of aryl methyl sites for hydroxylation is 1. The number of thiocarbonyl (C=S) groups is 1. The van der Waals surface area contributed by atoms with E-state index in [2.05, 4.69) is 30.0 Å². The lowest BCUT2D eigenvalue weighted by molar-refractivity contribution is 0.0940. The maximum absolute atomic E-state index is 12.3. The number of hydrogen-bond donors (Lipinski definition) is 3. The van der Waals surface area contributed by atoms with Crippen LogP contribution in [0.4, 0.5) is 0 Å². The Morgan fingerprint density at radius 3 is 2.71 bits per heavy atom. The molecule has 0 heterocycles. The first-order valence-electron chi connectivity index (χ1n) is 8.44. The minimum Gasteiger partial charge on any atom is -0.496 e. The first-order valence-corrected chi connectivity index (χ1v) is 8.84. The molecule has 0 radical (unpaired) electrons. The van der Waals surface area contributed by atoms with Crippen molar-refractivity contribution < 1.29 is 9.53 Å². The van der Waals surface area contributed by atoms with Crippen LogP contribution < -0.4 is 20.9 Å². The standard InChI is InChI=1S/C18H27N3O2S/c1-11-8-9-16(23-4)14(10-11)17(22)20-21-18(24)19-15-7-5-6-12(2)13(15)3/h8-10,12-13,15H,5-7H2,1-4H3,(H,20,22)(H2,19,21,24)/t12-,13+,15+/m1/s1. The number of hydrazine groups is 1. The molecule has 1 aliphatic rings. The van der Waals surface area contributed by atoms with E-state index >= 15 is 0 Å². The maximum atomic E-state index is 12.3. The van der Waals surface area contributed by atoms with E-state index in [0.29, 0.717) is 34.3 Å². The van der Waals surface area contributed by atoms with E-state index in [-0.39, 0.29) is 5.91 Å². The number of carbonyl (C=O) groups excluding carboxylic acids is 1. The van der Waals surface area contributed by atoms with Gasteiger partial charge in [-0.2, -0.15) is 0 Å². The van der Waals surface area contributed by atoms with E-state index < -0.39 is 0 Å². The number of nitrogens with one attached hydrogen (secondary N) is 3. The Labute approximate surface area is 149 Å². The monoisotopic (exact) mass is 349 g/mol. The number of rotatable bonds is 3. The van der Waals surface area contributed by atoms with Gasteiger partial charge in [-0.05, 0) is 49.5 Å². The molecule has 0 aliphatic heterocycles. The zero-order valence-electron chi connectivity index (χ0n) is 14.8. The molecule has 1 saturated carbocycles. The third kappa shape index (κ3) is 4.60. The highest BCUT2D eigenvalue weighted by molar-refractivity contribution is 7.80. The van der Waals surface area contributed by atoms with Gasteiger partial charge in [-0.15, -0.1) is 0 Å². The van der Waals surface area contributed by atoms with Crippen molar-refractivity contribution >= 4 is 23.2 Å². The summed E-state index contributed by atoms with van der Waals surface area (Å²) in [5.74, 6) is 1.51. The van der Waals surface area contributed by atoms with E-state index in [1.54, 1.807) is 19.2 Å². The molecule has 1 aromatic carbocycles. The molecule has 1 aromatic rings. The summed E-state index contributed by atoms with van der Waals surface area (Å²) in [4.78, 5) is 12.3. The molecule has 1 fully saturated rings. The van der Waals surface area contributed by atoms with Crippen LogP contribution in [0.25, 0.3) is 0 Å². The number of carbonyl (C=O) groups is 1. The van der Waals surface area contributed by atoms with Gasteiger partial charge in [0, 0.05) is 6.04 Å². The average molecular weight is 350 g/mol. The molecule has 132 valence electrons. The fraction of sp³-hybridized carbons (Fsp3) is 0.556. The number of methoxy groups -OCH3 is 1. The molecule has 3 atom stereocenters. The highest BCUT2D eigenvalue weighted by atomic mass is 32.1. The Morgan fingerprint density at radius 2 is 2.00 bits per heavy atom. The van der Waals surface area contributed by atoms with E-state index in [1.165, 1.54) is 12.8 Å². The third-order valence-electron chi connectivity index (χ3n) is 4.91. The largest absolute Gasteiger partial charge is 0.496 e. The summed E-state index contributed by atoms with van der Waals surface area (Å²) in [6, 6.07) is 5.82. The van der Waals surface area contributed by atoms with Crippen molar-refractivity contribution in [3.05, 3.63) is 29.3 Å². The van der Waals surface area contributed by atoms with Crippen molar-refractivity contribution in [3.8, 4) is 5.75 Å². The summed E-state index contributed by atoms with van der Waals surface area (Å²) >= 11 is 5.31. The molecule has 0 unspecified atom stereocenters. The second kappa shape index (κ2) is 8.33. The van der Waals surface area contributed by atoms with Crippen LogP contribution in [-0.4, -0.2) is 24.2 Å². The lowest BCUT2D eigenvalue weighted by Crippen LogP contribution is -2.52. The van der Waals surface area contributed by atoms with Gasteiger partial charge in [0.25, 0.3) is 5.91 Å². The maximum Gasteiger partial charge on any atom is 0.273 e. The highest BCUT2D eigenvalue weighted by Crippen LogP contribution is 2.29. The Balaban J connectivity index is 1.89. The van der Waals surface area contributed by atoms with Crippen molar-refractivity contribution in [3.63, 3.8) is 0 Å². The van der Waals surface area contributed by atoms with Crippen LogP contribution in [0, 0.1) is 18.8 Å². The van der Waals surface area contributed by atoms with Crippen molar-refractivity contribution in [2.75, 3.05) is 7.11 Å². The number of amides is 1. The Bertz CT molecular complexity index is 606. The van der Waals surface area contributed by atoms with Crippen molar-refractivity contribution in [1.82, 2.24) is 16.2 Å². The fourth-order valence-electron chi connectivity index (χ4n) is 3.17. The van der Waals surface area contributed by atoms with Crippen LogP contribution in [0.2, 0.25) is 0 Å². The molecule has 2 rings (SSSR count). The van der Waals surface area contributed by atoms with Gasteiger partial charge in [-0.1, -0.05) is 38.3 Å². The van der Waals surface area contributed by atoms with Gasteiger partial charge in [0.2, 0.25) is 0 Å².